The maximum Gasteiger partial charge on any atom is 0.306 e. The van der Waals surface area contributed by atoms with Gasteiger partial charge in [-0.3, -0.25) is 19.2 Å². The largest absolute Gasteiger partial charge is 0.496 e. The van der Waals surface area contributed by atoms with Crippen molar-refractivity contribution in [3.63, 3.8) is 0 Å². The summed E-state index contributed by atoms with van der Waals surface area (Å²) in [6, 6.07) is 0. The van der Waals surface area contributed by atoms with Gasteiger partial charge in [0.15, 0.2) is 0 Å². The Morgan fingerprint density at radius 2 is 1.33 bits per heavy atom. The molecule has 8 heteroatoms. The summed E-state index contributed by atoms with van der Waals surface area (Å²) in [5.74, 6) is -0.843. The molecule has 0 rings (SSSR count). The van der Waals surface area contributed by atoms with Crippen molar-refractivity contribution in [3.05, 3.63) is 12.3 Å². The van der Waals surface area contributed by atoms with Crippen molar-refractivity contribution >= 4 is 29.3 Å². The number of ether oxygens (including phenoxy) is 3. The van der Waals surface area contributed by atoms with Gasteiger partial charge in [-0.15, -0.1) is 0 Å². The molecule has 0 heterocycles. The SMILES string of the molecule is C=C(C)OC(C)CC(=O)CCC(=O)CCOC(=O)CCC(=O)OC(C)CCC(C)=O. The first-order valence-corrected chi connectivity index (χ1v) is 10.2. The third-order valence-corrected chi connectivity index (χ3v) is 4.01. The second-order valence-electron chi connectivity index (χ2n) is 7.42. The van der Waals surface area contributed by atoms with Crippen LogP contribution in [0, 0.1) is 0 Å². The van der Waals surface area contributed by atoms with Crippen molar-refractivity contribution in [1.82, 2.24) is 0 Å². The number of ketones is 3. The molecule has 0 radical (unpaired) electrons. The molecular weight excluding hydrogens is 392 g/mol. The fourth-order valence-electron chi connectivity index (χ4n) is 2.52. The van der Waals surface area contributed by atoms with E-state index in [9.17, 15) is 24.0 Å². The lowest BCUT2D eigenvalue weighted by Crippen LogP contribution is -2.18. The summed E-state index contributed by atoms with van der Waals surface area (Å²) in [5.41, 5.74) is 0. The molecule has 2 atom stereocenters. The molecule has 0 bridgehead atoms. The molecule has 8 nitrogen and oxygen atoms in total. The van der Waals surface area contributed by atoms with E-state index >= 15 is 0 Å². The van der Waals surface area contributed by atoms with E-state index in [4.69, 9.17) is 14.2 Å². The number of esters is 2. The van der Waals surface area contributed by atoms with E-state index in [1.165, 1.54) is 6.92 Å². The Bertz CT molecular complexity index is 623. The van der Waals surface area contributed by atoms with Crippen LogP contribution in [0.4, 0.5) is 0 Å². The lowest BCUT2D eigenvalue weighted by molar-refractivity contribution is -0.153. The van der Waals surface area contributed by atoms with Gasteiger partial charge in [0.25, 0.3) is 0 Å². The lowest BCUT2D eigenvalue weighted by Gasteiger charge is -2.13. The first-order chi connectivity index (χ1) is 14.0. The molecule has 0 fully saturated rings. The van der Waals surface area contributed by atoms with Crippen molar-refractivity contribution in [3.8, 4) is 0 Å². The summed E-state index contributed by atoms with van der Waals surface area (Å²) in [4.78, 5) is 57.8. The van der Waals surface area contributed by atoms with Crippen molar-refractivity contribution in [2.24, 2.45) is 0 Å². The van der Waals surface area contributed by atoms with Crippen LogP contribution in [-0.2, 0) is 38.2 Å². The van der Waals surface area contributed by atoms with Gasteiger partial charge < -0.3 is 19.0 Å². The maximum atomic E-state index is 11.8. The first-order valence-electron chi connectivity index (χ1n) is 10.2. The van der Waals surface area contributed by atoms with Gasteiger partial charge in [0, 0.05) is 32.1 Å². The fraction of sp³-hybridized carbons (Fsp3) is 0.682. The van der Waals surface area contributed by atoms with Crippen molar-refractivity contribution in [2.75, 3.05) is 6.61 Å². The second-order valence-corrected chi connectivity index (χ2v) is 7.42. The van der Waals surface area contributed by atoms with E-state index in [-0.39, 0.29) is 68.6 Å². The van der Waals surface area contributed by atoms with Crippen LogP contribution in [0.5, 0.6) is 0 Å². The molecule has 0 aromatic rings. The lowest BCUT2D eigenvalue weighted by atomic mass is 10.1. The van der Waals surface area contributed by atoms with Crippen molar-refractivity contribution in [2.45, 2.75) is 91.3 Å². The zero-order valence-corrected chi connectivity index (χ0v) is 18.5. The summed E-state index contributed by atoms with van der Waals surface area (Å²) in [5, 5.41) is 0. The van der Waals surface area contributed by atoms with Crippen LogP contribution >= 0.6 is 0 Å². The highest BCUT2D eigenvalue weighted by Gasteiger charge is 2.15. The summed E-state index contributed by atoms with van der Waals surface area (Å²) in [7, 11) is 0. The summed E-state index contributed by atoms with van der Waals surface area (Å²) in [6.07, 6.45) is 0.241. The van der Waals surface area contributed by atoms with Gasteiger partial charge in [-0.2, -0.15) is 0 Å². The predicted molar refractivity (Wildman–Crippen MR) is 110 cm³/mol. The molecule has 0 aromatic heterocycles. The average Bonchev–Trinajstić information content (AvgIpc) is 2.62. The van der Waals surface area contributed by atoms with Gasteiger partial charge in [0.05, 0.1) is 31.3 Å². The Morgan fingerprint density at radius 3 is 1.93 bits per heavy atom. The number of carbonyl (C=O) groups excluding carboxylic acids is 5. The number of hydrogen-bond acceptors (Lipinski definition) is 8. The quantitative estimate of drug-likeness (QED) is 0.257. The van der Waals surface area contributed by atoms with Crippen LogP contribution in [-0.4, -0.2) is 48.1 Å². The van der Waals surface area contributed by atoms with Gasteiger partial charge in [0.2, 0.25) is 0 Å². The third kappa shape index (κ3) is 16.4. The Morgan fingerprint density at radius 1 is 0.733 bits per heavy atom. The van der Waals surface area contributed by atoms with Gasteiger partial charge in [0.1, 0.15) is 23.5 Å². The predicted octanol–water partition coefficient (Wildman–Crippen LogP) is 3.25. The Kier molecular flexibility index (Phi) is 14.1. The van der Waals surface area contributed by atoms with Gasteiger partial charge in [-0.25, -0.2) is 0 Å². The zero-order chi connectivity index (χ0) is 23.1. The van der Waals surface area contributed by atoms with Crippen molar-refractivity contribution in [1.29, 1.82) is 0 Å². The minimum absolute atomic E-state index is 0.0172. The smallest absolute Gasteiger partial charge is 0.306 e. The summed E-state index contributed by atoms with van der Waals surface area (Å²) in [6.45, 7) is 10.1. The van der Waals surface area contributed by atoms with Crippen LogP contribution in [0.25, 0.3) is 0 Å². The molecule has 0 amide bonds. The average molecular weight is 427 g/mol. The van der Waals surface area contributed by atoms with Gasteiger partial charge in [-0.1, -0.05) is 6.58 Å². The Hall–Kier alpha value is -2.51. The molecule has 170 valence electrons. The van der Waals surface area contributed by atoms with Gasteiger partial charge >= 0.3 is 11.9 Å². The maximum absolute atomic E-state index is 11.8. The van der Waals surface area contributed by atoms with Crippen LogP contribution < -0.4 is 0 Å². The summed E-state index contributed by atoms with van der Waals surface area (Å²) < 4.78 is 15.3. The highest BCUT2D eigenvalue weighted by Crippen LogP contribution is 2.08. The molecule has 0 aromatic carbocycles. The number of hydrogen-bond donors (Lipinski definition) is 0. The first kappa shape index (κ1) is 27.5. The number of carbonyl (C=O) groups is 5. The van der Waals surface area contributed by atoms with E-state index in [0.717, 1.165) is 0 Å². The Balaban J connectivity index is 3.88. The topological polar surface area (TPSA) is 113 Å². The van der Waals surface area contributed by atoms with E-state index in [2.05, 4.69) is 6.58 Å². The van der Waals surface area contributed by atoms with Crippen LogP contribution in [0.2, 0.25) is 0 Å². The molecule has 0 saturated heterocycles. The molecule has 0 aliphatic rings. The van der Waals surface area contributed by atoms with E-state index in [0.29, 0.717) is 18.6 Å². The monoisotopic (exact) mass is 426 g/mol. The highest BCUT2D eigenvalue weighted by atomic mass is 16.5. The molecule has 0 aliphatic heterocycles. The summed E-state index contributed by atoms with van der Waals surface area (Å²) >= 11 is 0. The molecule has 2 unspecified atom stereocenters. The van der Waals surface area contributed by atoms with E-state index in [1.54, 1.807) is 20.8 Å². The zero-order valence-electron chi connectivity index (χ0n) is 18.5. The highest BCUT2D eigenvalue weighted by molar-refractivity contribution is 5.86. The normalized spacial score (nSPS) is 12.4. The number of allylic oxidation sites excluding steroid dienone is 1. The van der Waals surface area contributed by atoms with E-state index < -0.39 is 18.0 Å². The second kappa shape index (κ2) is 15.3. The molecule has 0 N–H and O–H groups in total. The van der Waals surface area contributed by atoms with Crippen LogP contribution in [0.1, 0.15) is 79.1 Å². The van der Waals surface area contributed by atoms with Crippen molar-refractivity contribution < 1.29 is 38.2 Å². The molecular formula is C22H34O8. The van der Waals surface area contributed by atoms with Crippen LogP contribution in [0.3, 0.4) is 0 Å². The minimum Gasteiger partial charge on any atom is -0.496 e. The molecule has 0 aliphatic carbocycles. The molecule has 0 spiro atoms. The van der Waals surface area contributed by atoms with Crippen LogP contribution in [0.15, 0.2) is 12.3 Å². The molecule has 0 saturated carbocycles. The number of rotatable bonds is 17. The molecule has 30 heavy (non-hydrogen) atoms. The fourth-order valence-corrected chi connectivity index (χ4v) is 2.52. The Labute approximate surface area is 178 Å². The third-order valence-electron chi connectivity index (χ3n) is 4.01. The minimum atomic E-state index is -0.599. The van der Waals surface area contributed by atoms with Gasteiger partial charge in [-0.05, 0) is 34.1 Å². The number of Topliss-reactive ketones (excluding diaryl/α,β-unsaturated/α-hetero) is 3. The standard InChI is InChI=1S/C22H34O8/c1-15(2)29-18(5)14-20(25)9-8-19(24)12-13-28-21(26)10-11-22(27)30-17(4)7-6-16(3)23/h17-18H,1,6-14H2,2-5H3. The van der Waals surface area contributed by atoms with E-state index in [1.807, 2.05) is 0 Å².